The van der Waals surface area contributed by atoms with Gasteiger partial charge in [0.1, 0.15) is 11.9 Å². The van der Waals surface area contributed by atoms with Gasteiger partial charge in [0.25, 0.3) is 0 Å². The summed E-state index contributed by atoms with van der Waals surface area (Å²) in [4.78, 5) is 26.3. The zero-order chi connectivity index (χ0) is 17.4. The molecule has 2 heterocycles. The maximum atomic E-state index is 12.4. The molecule has 1 aliphatic rings. The van der Waals surface area contributed by atoms with E-state index in [-0.39, 0.29) is 30.1 Å². The van der Waals surface area contributed by atoms with Gasteiger partial charge in [-0.3, -0.25) is 15.0 Å². The van der Waals surface area contributed by atoms with Crippen LogP contribution in [-0.4, -0.2) is 53.0 Å². The maximum absolute atomic E-state index is 12.4. The lowest BCUT2D eigenvalue weighted by molar-refractivity contribution is -0.137. The summed E-state index contributed by atoms with van der Waals surface area (Å²) in [5.41, 5.74) is -0.209. The summed E-state index contributed by atoms with van der Waals surface area (Å²) in [7, 11) is 1.70. The zero-order valence-corrected chi connectivity index (χ0v) is 14.2. The molecule has 1 aromatic heterocycles. The number of aliphatic carboxylic acids is 1. The quantitative estimate of drug-likeness (QED) is 0.854. The normalized spacial score (nSPS) is 20.2. The number of nitrogens with zero attached hydrogens (tertiary/aromatic N) is 3. The van der Waals surface area contributed by atoms with E-state index in [1.54, 1.807) is 24.9 Å². The minimum atomic E-state index is -0.884. The molecular formula is C15H24N4O4. The lowest BCUT2D eigenvalue weighted by atomic mass is 9.93. The van der Waals surface area contributed by atoms with Crippen LogP contribution >= 0.6 is 0 Å². The van der Waals surface area contributed by atoms with Crippen LogP contribution in [0.3, 0.4) is 0 Å². The molecule has 8 nitrogen and oxygen atoms in total. The maximum Gasteiger partial charge on any atom is 0.327 e. The molecule has 2 amide bonds. The van der Waals surface area contributed by atoms with Gasteiger partial charge >= 0.3 is 12.0 Å². The van der Waals surface area contributed by atoms with E-state index in [1.807, 2.05) is 20.8 Å². The van der Waals surface area contributed by atoms with Gasteiger partial charge in [-0.25, -0.2) is 4.79 Å². The molecule has 0 aliphatic carbocycles. The molecule has 2 atom stereocenters. The zero-order valence-electron chi connectivity index (χ0n) is 14.2. The molecule has 1 aliphatic heterocycles. The predicted molar refractivity (Wildman–Crippen MR) is 84.3 cm³/mol. The van der Waals surface area contributed by atoms with Gasteiger partial charge in [0.05, 0.1) is 13.0 Å². The standard InChI is InChI=1S/C15H24N4O4/c1-9(6-13(20)21)16-12-8-18(5)14(22)19(12)11-7-10(23-17-11)15(2,3)4/h7,9,12,16H,6,8H2,1-5H3,(H,20,21). The first kappa shape index (κ1) is 17.3. The second-order valence-electron chi connectivity index (χ2n) is 7.01. The highest BCUT2D eigenvalue weighted by molar-refractivity contribution is 5.93. The number of carboxylic acid groups (broad SMARTS) is 1. The third-order valence-corrected chi connectivity index (χ3v) is 3.73. The van der Waals surface area contributed by atoms with Crippen LogP contribution < -0.4 is 10.2 Å². The fourth-order valence-corrected chi connectivity index (χ4v) is 2.50. The molecule has 8 heteroatoms. The van der Waals surface area contributed by atoms with Crippen LogP contribution in [0.4, 0.5) is 10.6 Å². The van der Waals surface area contributed by atoms with Crippen molar-refractivity contribution >= 4 is 17.8 Å². The highest BCUT2D eigenvalue weighted by Crippen LogP contribution is 2.29. The number of carbonyl (C=O) groups excluding carboxylic acids is 1. The van der Waals surface area contributed by atoms with Gasteiger partial charge < -0.3 is 14.5 Å². The van der Waals surface area contributed by atoms with Gasteiger partial charge in [0.2, 0.25) is 0 Å². The third-order valence-electron chi connectivity index (χ3n) is 3.73. The van der Waals surface area contributed by atoms with Gasteiger partial charge in [-0.15, -0.1) is 0 Å². The van der Waals surface area contributed by atoms with Crippen LogP contribution in [0.5, 0.6) is 0 Å². The molecule has 0 aromatic carbocycles. The molecule has 2 unspecified atom stereocenters. The summed E-state index contributed by atoms with van der Waals surface area (Å²) in [6, 6.07) is 1.29. The van der Waals surface area contributed by atoms with E-state index < -0.39 is 5.97 Å². The Labute approximate surface area is 135 Å². The number of nitrogens with one attached hydrogen (secondary N) is 1. The number of carbonyl (C=O) groups is 2. The van der Waals surface area contributed by atoms with Crippen LogP contribution in [0.15, 0.2) is 10.6 Å². The van der Waals surface area contributed by atoms with Crippen LogP contribution in [0.1, 0.15) is 39.9 Å². The molecule has 1 aromatic rings. The third kappa shape index (κ3) is 3.82. The van der Waals surface area contributed by atoms with E-state index in [0.717, 1.165) is 0 Å². The summed E-state index contributed by atoms with van der Waals surface area (Å²) < 4.78 is 5.36. The topological polar surface area (TPSA) is 98.9 Å². The molecule has 1 saturated heterocycles. The van der Waals surface area contributed by atoms with Crippen LogP contribution in [0.25, 0.3) is 0 Å². The molecule has 0 radical (unpaired) electrons. The second kappa shape index (κ2) is 6.19. The van der Waals surface area contributed by atoms with Gasteiger partial charge in [-0.05, 0) is 6.92 Å². The Bertz CT molecular complexity index is 593. The lowest BCUT2D eigenvalue weighted by Crippen LogP contribution is -2.48. The van der Waals surface area contributed by atoms with Crippen molar-refractivity contribution in [2.45, 2.75) is 51.7 Å². The van der Waals surface area contributed by atoms with Gasteiger partial charge in [-0.1, -0.05) is 25.9 Å². The summed E-state index contributed by atoms with van der Waals surface area (Å²) in [6.45, 7) is 8.22. The van der Waals surface area contributed by atoms with E-state index in [9.17, 15) is 9.59 Å². The van der Waals surface area contributed by atoms with Gasteiger partial charge in [0.15, 0.2) is 5.82 Å². The minimum Gasteiger partial charge on any atom is -0.481 e. The van der Waals surface area contributed by atoms with E-state index in [4.69, 9.17) is 9.63 Å². The largest absolute Gasteiger partial charge is 0.481 e. The van der Waals surface area contributed by atoms with Crippen molar-refractivity contribution in [3.05, 3.63) is 11.8 Å². The Morgan fingerprint density at radius 1 is 1.57 bits per heavy atom. The number of amides is 2. The van der Waals surface area contributed by atoms with Crippen molar-refractivity contribution in [1.82, 2.24) is 15.4 Å². The number of aromatic nitrogens is 1. The van der Waals surface area contributed by atoms with E-state index in [2.05, 4.69) is 10.5 Å². The Kier molecular flexibility index (Phi) is 4.65. The summed E-state index contributed by atoms with van der Waals surface area (Å²) in [5, 5.41) is 16.1. The number of hydrogen-bond donors (Lipinski definition) is 2. The summed E-state index contributed by atoms with van der Waals surface area (Å²) in [5.74, 6) is 0.238. The minimum absolute atomic E-state index is 0.0195. The molecule has 23 heavy (non-hydrogen) atoms. The van der Waals surface area contributed by atoms with E-state index in [1.165, 1.54) is 4.90 Å². The first-order valence-corrected chi connectivity index (χ1v) is 7.59. The molecule has 2 N–H and O–H groups in total. The van der Waals surface area contributed by atoms with Crippen molar-refractivity contribution in [3.63, 3.8) is 0 Å². The number of anilines is 1. The smallest absolute Gasteiger partial charge is 0.327 e. The van der Waals surface area contributed by atoms with Crippen molar-refractivity contribution in [3.8, 4) is 0 Å². The monoisotopic (exact) mass is 324 g/mol. The fourth-order valence-electron chi connectivity index (χ4n) is 2.50. The summed E-state index contributed by atoms with van der Waals surface area (Å²) in [6.07, 6.45) is -0.367. The van der Waals surface area contributed by atoms with Crippen LogP contribution in [-0.2, 0) is 10.2 Å². The average molecular weight is 324 g/mol. The molecular weight excluding hydrogens is 300 g/mol. The first-order valence-electron chi connectivity index (χ1n) is 7.59. The number of hydrogen-bond acceptors (Lipinski definition) is 5. The molecule has 0 spiro atoms. The average Bonchev–Trinajstić information content (AvgIpc) is 2.95. The SMILES string of the molecule is CC(CC(=O)O)NC1CN(C)C(=O)N1c1cc(C(C)(C)C)on1. The highest BCUT2D eigenvalue weighted by atomic mass is 16.5. The predicted octanol–water partition coefficient (Wildman–Crippen LogP) is 1.62. The molecule has 0 saturated carbocycles. The van der Waals surface area contributed by atoms with E-state index >= 15 is 0 Å². The number of likely N-dealkylation sites (N-methyl/N-ethyl adjacent to an activating group) is 1. The Morgan fingerprint density at radius 3 is 2.74 bits per heavy atom. The first-order chi connectivity index (χ1) is 10.6. The Morgan fingerprint density at radius 2 is 2.22 bits per heavy atom. The fraction of sp³-hybridized carbons (Fsp3) is 0.667. The molecule has 128 valence electrons. The second-order valence-corrected chi connectivity index (χ2v) is 7.01. The Hall–Kier alpha value is -2.09. The highest BCUT2D eigenvalue weighted by Gasteiger charge is 2.39. The number of rotatable bonds is 5. The van der Waals surface area contributed by atoms with Crippen molar-refractivity contribution < 1.29 is 19.2 Å². The van der Waals surface area contributed by atoms with Crippen molar-refractivity contribution in [2.24, 2.45) is 0 Å². The van der Waals surface area contributed by atoms with E-state index in [0.29, 0.717) is 18.1 Å². The lowest BCUT2D eigenvalue weighted by Gasteiger charge is -2.24. The molecule has 2 rings (SSSR count). The number of urea groups is 1. The van der Waals surface area contributed by atoms with Crippen LogP contribution in [0, 0.1) is 0 Å². The number of carboxylic acids is 1. The molecule has 0 bridgehead atoms. The van der Waals surface area contributed by atoms with Gasteiger partial charge in [0, 0.05) is 24.6 Å². The van der Waals surface area contributed by atoms with Crippen molar-refractivity contribution in [1.29, 1.82) is 0 Å². The van der Waals surface area contributed by atoms with Crippen molar-refractivity contribution in [2.75, 3.05) is 18.5 Å². The molecule has 1 fully saturated rings. The van der Waals surface area contributed by atoms with Crippen LogP contribution in [0.2, 0.25) is 0 Å². The summed E-state index contributed by atoms with van der Waals surface area (Å²) >= 11 is 0. The van der Waals surface area contributed by atoms with Gasteiger partial charge in [-0.2, -0.15) is 0 Å². The Balaban J connectivity index is 2.20.